The van der Waals surface area contributed by atoms with Gasteiger partial charge in [-0.3, -0.25) is 0 Å². The van der Waals surface area contributed by atoms with Crippen molar-refractivity contribution >= 4 is 23.4 Å². The Kier molecular flexibility index (Phi) is 4.37. The first kappa shape index (κ1) is 12.6. The lowest BCUT2D eigenvalue weighted by Crippen LogP contribution is -1.93. The van der Waals surface area contributed by atoms with Crippen molar-refractivity contribution in [3.05, 3.63) is 35.7 Å². The van der Waals surface area contributed by atoms with Gasteiger partial charge in [0, 0.05) is 16.7 Å². The fourth-order valence-electron chi connectivity index (χ4n) is 1.05. The van der Waals surface area contributed by atoms with Gasteiger partial charge < -0.3 is 10.8 Å². The third-order valence-corrected chi connectivity index (χ3v) is 3.00. The summed E-state index contributed by atoms with van der Waals surface area (Å²) in [7, 11) is 0. The molecule has 5 heteroatoms. The number of hydrogen-bond donors (Lipinski definition) is 2. The molecule has 0 bridgehead atoms. The van der Waals surface area contributed by atoms with Crippen molar-refractivity contribution in [2.75, 3.05) is 11.5 Å². The van der Waals surface area contributed by atoms with Gasteiger partial charge in [-0.05, 0) is 25.1 Å². The summed E-state index contributed by atoms with van der Waals surface area (Å²) < 4.78 is 13.1. The number of nitrogen functional groups attached to an aromatic ring is 1. The Labute approximate surface area is 97.2 Å². The van der Waals surface area contributed by atoms with Gasteiger partial charge in [0.1, 0.15) is 5.82 Å². The highest BCUT2D eigenvalue weighted by Crippen LogP contribution is 2.23. The van der Waals surface area contributed by atoms with Crippen LogP contribution in [0, 0.1) is 5.82 Å². The molecule has 3 N–H and O–H groups in total. The van der Waals surface area contributed by atoms with Crippen LogP contribution in [0.25, 0.3) is 0 Å². The largest absolute Gasteiger partial charge is 0.478 e. The average Bonchev–Trinajstić information content (AvgIpc) is 2.19. The smallest absolute Gasteiger partial charge is 0.328 e. The number of benzene rings is 1. The summed E-state index contributed by atoms with van der Waals surface area (Å²) in [6.07, 6.45) is 1.14. The molecule has 0 saturated carbocycles. The van der Waals surface area contributed by atoms with Crippen LogP contribution in [0.1, 0.15) is 6.92 Å². The highest BCUT2D eigenvalue weighted by Gasteiger charge is 2.01. The minimum Gasteiger partial charge on any atom is -0.478 e. The summed E-state index contributed by atoms with van der Waals surface area (Å²) in [5.41, 5.74) is 6.17. The normalized spacial score (nSPS) is 11.5. The highest BCUT2D eigenvalue weighted by molar-refractivity contribution is 7.99. The third kappa shape index (κ3) is 3.94. The van der Waals surface area contributed by atoms with Gasteiger partial charge in [0.15, 0.2) is 0 Å². The molecule has 0 aromatic heterocycles. The van der Waals surface area contributed by atoms with E-state index in [1.54, 1.807) is 13.0 Å². The molecule has 1 aromatic carbocycles. The molecule has 0 atom stereocenters. The second-order valence-electron chi connectivity index (χ2n) is 3.30. The zero-order valence-corrected chi connectivity index (χ0v) is 9.55. The first-order chi connectivity index (χ1) is 7.49. The minimum atomic E-state index is -0.971. The van der Waals surface area contributed by atoms with Crippen LogP contribution in [0.4, 0.5) is 10.1 Å². The van der Waals surface area contributed by atoms with Gasteiger partial charge in [-0.2, -0.15) is 0 Å². The fourth-order valence-corrected chi connectivity index (χ4v) is 1.88. The second-order valence-corrected chi connectivity index (χ2v) is 4.35. The summed E-state index contributed by atoms with van der Waals surface area (Å²) in [6, 6.07) is 4.54. The molecule has 0 radical (unpaired) electrons. The summed E-state index contributed by atoms with van der Waals surface area (Å²) in [5, 5.41) is 8.50. The molecule has 0 fully saturated rings. The Morgan fingerprint density at radius 3 is 2.88 bits per heavy atom. The number of thioether (sulfide) groups is 1. The number of halogens is 1. The van der Waals surface area contributed by atoms with Gasteiger partial charge in [0.25, 0.3) is 0 Å². The summed E-state index contributed by atoms with van der Waals surface area (Å²) in [6.45, 7) is 1.72. The van der Waals surface area contributed by atoms with E-state index in [2.05, 4.69) is 0 Å². The van der Waals surface area contributed by atoms with Gasteiger partial charge in [0.05, 0.1) is 5.69 Å². The molecule has 1 aromatic rings. The number of anilines is 1. The Morgan fingerprint density at radius 2 is 2.31 bits per heavy atom. The molecule has 0 aliphatic heterocycles. The number of carbonyl (C=O) groups is 1. The average molecular weight is 241 g/mol. The molecule has 0 heterocycles. The SMILES string of the molecule is CC(=CC(=O)O)CSc1ccc(N)c(F)c1. The van der Waals surface area contributed by atoms with E-state index in [0.717, 1.165) is 16.5 Å². The van der Waals surface area contributed by atoms with Crippen LogP contribution >= 0.6 is 11.8 Å². The minimum absolute atomic E-state index is 0.113. The van der Waals surface area contributed by atoms with Crippen molar-refractivity contribution in [2.24, 2.45) is 0 Å². The molecule has 0 aliphatic rings. The second kappa shape index (κ2) is 5.55. The molecule has 0 spiro atoms. The van der Waals surface area contributed by atoms with Crippen LogP contribution < -0.4 is 5.73 Å². The van der Waals surface area contributed by atoms with E-state index in [9.17, 15) is 9.18 Å². The molecular weight excluding hydrogens is 229 g/mol. The molecule has 86 valence electrons. The zero-order chi connectivity index (χ0) is 12.1. The standard InChI is InChI=1S/C11H12FNO2S/c1-7(4-11(14)15)6-16-8-2-3-10(13)9(12)5-8/h2-5H,6,13H2,1H3,(H,14,15). The number of aliphatic carboxylic acids is 1. The van der Waals surface area contributed by atoms with Crippen LogP contribution in [0.5, 0.6) is 0 Å². The van der Waals surface area contributed by atoms with Crippen molar-refractivity contribution in [3.8, 4) is 0 Å². The molecular formula is C11H12FNO2S. The maximum absolute atomic E-state index is 13.1. The van der Waals surface area contributed by atoms with E-state index in [0.29, 0.717) is 5.75 Å². The van der Waals surface area contributed by atoms with E-state index in [-0.39, 0.29) is 5.69 Å². The number of carboxylic acids is 1. The predicted octanol–water partition coefficient (Wildman–Crippen LogP) is 2.53. The predicted molar refractivity (Wildman–Crippen MR) is 62.9 cm³/mol. The third-order valence-electron chi connectivity index (χ3n) is 1.81. The molecule has 3 nitrogen and oxygen atoms in total. The topological polar surface area (TPSA) is 63.3 Å². The Balaban J connectivity index is 2.61. The van der Waals surface area contributed by atoms with E-state index >= 15 is 0 Å². The van der Waals surface area contributed by atoms with Gasteiger partial charge >= 0.3 is 5.97 Å². The van der Waals surface area contributed by atoms with E-state index in [4.69, 9.17) is 10.8 Å². The van der Waals surface area contributed by atoms with Crippen LogP contribution in [-0.2, 0) is 4.79 Å². The van der Waals surface area contributed by atoms with Crippen molar-refractivity contribution in [1.29, 1.82) is 0 Å². The van der Waals surface area contributed by atoms with Crippen LogP contribution in [-0.4, -0.2) is 16.8 Å². The van der Waals surface area contributed by atoms with Crippen molar-refractivity contribution in [1.82, 2.24) is 0 Å². The lowest BCUT2D eigenvalue weighted by Gasteiger charge is -2.03. The van der Waals surface area contributed by atoms with Crippen molar-refractivity contribution in [2.45, 2.75) is 11.8 Å². The summed E-state index contributed by atoms with van der Waals surface area (Å²) in [4.78, 5) is 11.1. The zero-order valence-electron chi connectivity index (χ0n) is 8.74. The van der Waals surface area contributed by atoms with E-state index in [1.807, 2.05) is 0 Å². The van der Waals surface area contributed by atoms with Crippen molar-refractivity contribution in [3.63, 3.8) is 0 Å². The van der Waals surface area contributed by atoms with Crippen LogP contribution in [0.2, 0.25) is 0 Å². The number of nitrogens with two attached hydrogens (primary N) is 1. The number of rotatable bonds is 4. The number of hydrogen-bond acceptors (Lipinski definition) is 3. The first-order valence-electron chi connectivity index (χ1n) is 4.57. The number of carboxylic acid groups (broad SMARTS) is 1. The van der Waals surface area contributed by atoms with Crippen LogP contribution in [0.15, 0.2) is 34.7 Å². The van der Waals surface area contributed by atoms with E-state index in [1.165, 1.54) is 23.9 Å². The fraction of sp³-hybridized carbons (Fsp3) is 0.182. The Hall–Kier alpha value is -1.49. The summed E-state index contributed by atoms with van der Waals surface area (Å²) >= 11 is 1.37. The molecule has 16 heavy (non-hydrogen) atoms. The van der Waals surface area contributed by atoms with Gasteiger partial charge in [0.2, 0.25) is 0 Å². The summed E-state index contributed by atoms with van der Waals surface area (Å²) in [5.74, 6) is -0.915. The molecule has 0 unspecified atom stereocenters. The van der Waals surface area contributed by atoms with Crippen molar-refractivity contribution < 1.29 is 14.3 Å². The van der Waals surface area contributed by atoms with E-state index < -0.39 is 11.8 Å². The Morgan fingerprint density at radius 1 is 1.62 bits per heavy atom. The lowest BCUT2D eigenvalue weighted by atomic mass is 10.3. The molecule has 0 saturated heterocycles. The van der Waals surface area contributed by atoms with Crippen LogP contribution in [0.3, 0.4) is 0 Å². The lowest BCUT2D eigenvalue weighted by molar-refractivity contribution is -0.131. The highest BCUT2D eigenvalue weighted by atomic mass is 32.2. The molecule has 0 amide bonds. The molecule has 1 rings (SSSR count). The van der Waals surface area contributed by atoms with Gasteiger partial charge in [-0.25, -0.2) is 9.18 Å². The van der Waals surface area contributed by atoms with Gasteiger partial charge in [-0.15, -0.1) is 11.8 Å². The molecule has 0 aliphatic carbocycles. The maximum atomic E-state index is 13.1. The monoisotopic (exact) mass is 241 g/mol. The quantitative estimate of drug-likeness (QED) is 0.483. The first-order valence-corrected chi connectivity index (χ1v) is 5.55. The Bertz CT molecular complexity index is 432. The maximum Gasteiger partial charge on any atom is 0.328 e. The van der Waals surface area contributed by atoms with Gasteiger partial charge in [-0.1, -0.05) is 5.57 Å².